The second-order valence-electron chi connectivity index (χ2n) is 6.50. The van der Waals surface area contributed by atoms with Crippen LogP contribution in [0.3, 0.4) is 0 Å². The fraction of sp³-hybridized carbons (Fsp3) is 0.304. The second-order valence-corrected chi connectivity index (χ2v) is 6.50. The molecule has 3 aromatic rings. The zero-order valence-electron chi connectivity index (χ0n) is 17.4. The van der Waals surface area contributed by atoms with E-state index in [4.69, 9.17) is 13.9 Å². The lowest BCUT2D eigenvalue weighted by Gasteiger charge is -2.12. The molecule has 158 valence electrons. The molecular weight excluding hydrogens is 380 g/mol. The Hall–Kier alpha value is -3.32. The van der Waals surface area contributed by atoms with Crippen molar-refractivity contribution in [2.75, 3.05) is 26.8 Å². The van der Waals surface area contributed by atoms with Crippen LogP contribution in [0.5, 0.6) is 5.75 Å². The summed E-state index contributed by atoms with van der Waals surface area (Å²) in [6.07, 6.45) is 1.64. The van der Waals surface area contributed by atoms with Crippen LogP contribution < -0.4 is 15.4 Å². The molecule has 2 N–H and O–H groups in total. The summed E-state index contributed by atoms with van der Waals surface area (Å²) >= 11 is 0. The Balaban J connectivity index is 1.46. The van der Waals surface area contributed by atoms with Crippen molar-refractivity contribution in [1.29, 1.82) is 0 Å². The molecule has 0 spiro atoms. The van der Waals surface area contributed by atoms with Crippen LogP contribution in [-0.4, -0.2) is 37.7 Å². The van der Waals surface area contributed by atoms with Gasteiger partial charge in [0.25, 0.3) is 0 Å². The number of rotatable bonds is 10. The summed E-state index contributed by atoms with van der Waals surface area (Å²) in [6, 6.07) is 17.7. The molecule has 30 heavy (non-hydrogen) atoms. The van der Waals surface area contributed by atoms with Crippen molar-refractivity contribution >= 4 is 5.96 Å². The Morgan fingerprint density at radius 1 is 1.07 bits per heavy atom. The lowest BCUT2D eigenvalue weighted by Crippen LogP contribution is -2.39. The standard InChI is InChI=1S/C23H28N4O3/c1-3-24-23(25-13-14-29-16-19-11-7-8-12-21(19)28-2)26-15-20-17-30-22(27-20)18-9-5-4-6-10-18/h4-12,17H,3,13-16H2,1-2H3,(H2,24,25,26). The van der Waals surface area contributed by atoms with E-state index in [9.17, 15) is 0 Å². The molecule has 0 radical (unpaired) electrons. The van der Waals surface area contributed by atoms with Gasteiger partial charge in [-0.2, -0.15) is 0 Å². The minimum absolute atomic E-state index is 0.424. The number of guanidine groups is 1. The lowest BCUT2D eigenvalue weighted by molar-refractivity contribution is 0.123. The Morgan fingerprint density at radius 2 is 1.87 bits per heavy atom. The van der Waals surface area contributed by atoms with E-state index in [1.807, 2.05) is 61.5 Å². The van der Waals surface area contributed by atoms with Crippen LogP contribution in [0.2, 0.25) is 0 Å². The number of aliphatic imine (C=N–C) groups is 1. The third-order valence-electron chi connectivity index (χ3n) is 4.30. The zero-order valence-corrected chi connectivity index (χ0v) is 17.4. The first-order valence-corrected chi connectivity index (χ1v) is 10.0. The number of hydrogen-bond donors (Lipinski definition) is 2. The van der Waals surface area contributed by atoms with E-state index in [1.165, 1.54) is 0 Å². The summed E-state index contributed by atoms with van der Waals surface area (Å²) in [6.45, 7) is 4.90. The number of para-hydroxylation sites is 1. The molecule has 0 aliphatic carbocycles. The molecule has 0 atom stereocenters. The Morgan fingerprint density at radius 3 is 2.67 bits per heavy atom. The molecule has 3 rings (SSSR count). The maximum atomic E-state index is 5.75. The van der Waals surface area contributed by atoms with E-state index in [2.05, 4.69) is 20.6 Å². The molecule has 0 aliphatic rings. The van der Waals surface area contributed by atoms with E-state index in [-0.39, 0.29) is 0 Å². The van der Waals surface area contributed by atoms with Crippen LogP contribution >= 0.6 is 0 Å². The average molecular weight is 409 g/mol. The van der Waals surface area contributed by atoms with E-state index in [0.717, 1.165) is 29.1 Å². The molecular formula is C23H28N4O3. The van der Waals surface area contributed by atoms with Crippen molar-refractivity contribution in [2.45, 2.75) is 20.1 Å². The predicted molar refractivity (Wildman–Crippen MR) is 117 cm³/mol. The number of aromatic nitrogens is 1. The quantitative estimate of drug-likeness (QED) is 0.303. The molecule has 0 fully saturated rings. The van der Waals surface area contributed by atoms with Gasteiger partial charge in [-0.15, -0.1) is 0 Å². The van der Waals surface area contributed by atoms with Crippen LogP contribution in [-0.2, 0) is 17.9 Å². The molecule has 0 unspecified atom stereocenters. The second kappa shape index (κ2) is 11.6. The number of methoxy groups -OCH3 is 1. The molecule has 0 saturated heterocycles. The van der Waals surface area contributed by atoms with E-state index in [1.54, 1.807) is 13.4 Å². The minimum Gasteiger partial charge on any atom is -0.496 e. The fourth-order valence-electron chi connectivity index (χ4n) is 2.84. The highest BCUT2D eigenvalue weighted by atomic mass is 16.5. The first-order valence-electron chi connectivity index (χ1n) is 10.0. The first kappa shape index (κ1) is 21.4. The topological polar surface area (TPSA) is 80.9 Å². The molecule has 0 amide bonds. The summed E-state index contributed by atoms with van der Waals surface area (Å²) in [7, 11) is 1.66. The van der Waals surface area contributed by atoms with Gasteiger partial charge in [0.2, 0.25) is 5.89 Å². The van der Waals surface area contributed by atoms with Crippen molar-refractivity contribution in [1.82, 2.24) is 15.6 Å². The SMILES string of the molecule is CCNC(=NCc1coc(-c2ccccc2)n1)NCCOCc1ccccc1OC. The monoisotopic (exact) mass is 408 g/mol. The summed E-state index contributed by atoms with van der Waals surface area (Å²) < 4.78 is 16.7. The Kier molecular flexibility index (Phi) is 8.29. The molecule has 0 aliphatic heterocycles. The van der Waals surface area contributed by atoms with Crippen molar-refractivity contribution < 1.29 is 13.9 Å². The van der Waals surface area contributed by atoms with Gasteiger partial charge in [0.1, 0.15) is 17.7 Å². The normalized spacial score (nSPS) is 11.3. The third kappa shape index (κ3) is 6.35. The lowest BCUT2D eigenvalue weighted by atomic mass is 10.2. The van der Waals surface area contributed by atoms with Crippen LogP contribution in [0.25, 0.3) is 11.5 Å². The Bertz CT molecular complexity index is 925. The number of ether oxygens (including phenoxy) is 2. The van der Waals surface area contributed by atoms with Gasteiger partial charge in [0, 0.05) is 24.2 Å². The van der Waals surface area contributed by atoms with Crippen molar-refractivity contribution in [3.8, 4) is 17.2 Å². The van der Waals surface area contributed by atoms with Crippen molar-refractivity contribution in [2.24, 2.45) is 4.99 Å². The van der Waals surface area contributed by atoms with Gasteiger partial charge >= 0.3 is 0 Å². The molecule has 7 nitrogen and oxygen atoms in total. The smallest absolute Gasteiger partial charge is 0.226 e. The molecule has 7 heteroatoms. The molecule has 0 saturated carbocycles. The van der Waals surface area contributed by atoms with Gasteiger partial charge in [-0.1, -0.05) is 36.4 Å². The van der Waals surface area contributed by atoms with Gasteiger partial charge in [0.05, 0.1) is 26.9 Å². The molecule has 1 heterocycles. The predicted octanol–water partition coefficient (Wildman–Crippen LogP) is 3.62. The number of nitrogens with one attached hydrogen (secondary N) is 2. The van der Waals surface area contributed by atoms with Crippen molar-refractivity contribution in [3.05, 3.63) is 72.1 Å². The number of nitrogens with zero attached hydrogens (tertiary/aromatic N) is 2. The number of benzene rings is 2. The molecule has 0 bridgehead atoms. The zero-order chi connectivity index (χ0) is 21.0. The van der Waals surface area contributed by atoms with Gasteiger partial charge in [0.15, 0.2) is 5.96 Å². The van der Waals surface area contributed by atoms with Crippen LogP contribution in [0.4, 0.5) is 0 Å². The maximum absolute atomic E-state index is 5.75. The minimum atomic E-state index is 0.424. The van der Waals surface area contributed by atoms with Crippen molar-refractivity contribution in [3.63, 3.8) is 0 Å². The van der Waals surface area contributed by atoms with Crippen LogP contribution in [0.15, 0.2) is 70.3 Å². The maximum Gasteiger partial charge on any atom is 0.226 e. The number of oxazole rings is 1. The fourth-order valence-corrected chi connectivity index (χ4v) is 2.84. The highest BCUT2D eigenvalue weighted by Crippen LogP contribution is 2.18. The van der Waals surface area contributed by atoms with Gasteiger partial charge in [-0.25, -0.2) is 9.98 Å². The largest absolute Gasteiger partial charge is 0.496 e. The third-order valence-corrected chi connectivity index (χ3v) is 4.30. The first-order chi connectivity index (χ1) is 14.8. The van der Waals surface area contributed by atoms with E-state index >= 15 is 0 Å². The highest BCUT2D eigenvalue weighted by molar-refractivity contribution is 5.79. The van der Waals surface area contributed by atoms with E-state index in [0.29, 0.717) is 38.2 Å². The molecule has 1 aromatic heterocycles. The summed E-state index contributed by atoms with van der Waals surface area (Å²) in [5.74, 6) is 2.15. The van der Waals surface area contributed by atoms with Gasteiger partial charge in [-0.3, -0.25) is 0 Å². The van der Waals surface area contributed by atoms with Gasteiger partial charge in [-0.05, 0) is 25.1 Å². The van der Waals surface area contributed by atoms with E-state index < -0.39 is 0 Å². The van der Waals surface area contributed by atoms with Crippen LogP contribution in [0, 0.1) is 0 Å². The molecule has 2 aromatic carbocycles. The average Bonchev–Trinajstić information content (AvgIpc) is 3.27. The van der Waals surface area contributed by atoms with Crippen LogP contribution in [0.1, 0.15) is 18.2 Å². The van der Waals surface area contributed by atoms with Gasteiger partial charge < -0.3 is 24.5 Å². The highest BCUT2D eigenvalue weighted by Gasteiger charge is 2.06. The number of hydrogen-bond acceptors (Lipinski definition) is 5. The Labute approximate surface area is 177 Å². The summed E-state index contributed by atoms with van der Waals surface area (Å²) in [5, 5.41) is 6.49. The summed E-state index contributed by atoms with van der Waals surface area (Å²) in [5.41, 5.74) is 2.75. The summed E-state index contributed by atoms with van der Waals surface area (Å²) in [4.78, 5) is 9.08.